The Balaban J connectivity index is 1.56. The molecule has 0 bridgehead atoms. The van der Waals surface area contributed by atoms with E-state index in [1.165, 1.54) is 0 Å². The van der Waals surface area contributed by atoms with Crippen LogP contribution in [0.1, 0.15) is 29.0 Å². The molecule has 0 radical (unpaired) electrons. The highest BCUT2D eigenvalue weighted by Gasteiger charge is 2.34. The molecule has 1 aliphatic rings. The van der Waals surface area contributed by atoms with E-state index in [0.717, 1.165) is 29.3 Å². The third-order valence-electron chi connectivity index (χ3n) is 4.92. The zero-order valence-electron chi connectivity index (χ0n) is 15.6. The van der Waals surface area contributed by atoms with E-state index in [9.17, 15) is 18.0 Å². The van der Waals surface area contributed by atoms with Crippen LogP contribution < -0.4 is 9.88 Å². The summed E-state index contributed by atoms with van der Waals surface area (Å²) in [5.41, 5.74) is 0.926. The molecule has 0 aliphatic carbocycles. The predicted octanol–water partition coefficient (Wildman–Crippen LogP) is 3.06. The topological polar surface area (TPSA) is 63.7 Å². The van der Waals surface area contributed by atoms with Crippen LogP contribution in [0.25, 0.3) is 0 Å². The summed E-state index contributed by atoms with van der Waals surface area (Å²) in [6, 6.07) is 0.911. The second-order valence-electron chi connectivity index (χ2n) is 6.75. The molecule has 1 N–H and O–H groups in total. The number of nitrogens with one attached hydrogen (secondary N) is 1. The molecule has 28 heavy (non-hydrogen) atoms. The van der Waals surface area contributed by atoms with E-state index in [1.54, 1.807) is 4.90 Å². The molecular formula is C18H21ClF3N4O2+. The van der Waals surface area contributed by atoms with Crippen molar-refractivity contribution in [2.24, 2.45) is 0 Å². The molecule has 152 valence electrons. The van der Waals surface area contributed by atoms with Crippen molar-refractivity contribution >= 4 is 23.3 Å². The van der Waals surface area contributed by atoms with Gasteiger partial charge >= 0.3 is 6.18 Å². The first-order valence-electron chi connectivity index (χ1n) is 8.89. The molecule has 1 aliphatic heterocycles. The van der Waals surface area contributed by atoms with Crippen molar-refractivity contribution < 1.29 is 27.5 Å². The number of aromatic nitrogens is 2. The Kier molecular flexibility index (Phi) is 5.83. The van der Waals surface area contributed by atoms with Crippen molar-refractivity contribution in [3.8, 4) is 0 Å². The molecule has 3 heterocycles. The number of pyridine rings is 1. The lowest BCUT2D eigenvalue weighted by Gasteiger charge is -2.31. The molecule has 2 aromatic rings. The Bertz CT molecular complexity index is 842. The van der Waals surface area contributed by atoms with E-state index < -0.39 is 11.7 Å². The van der Waals surface area contributed by atoms with Gasteiger partial charge in [0, 0.05) is 12.0 Å². The second kappa shape index (κ2) is 7.98. The molecule has 0 spiro atoms. The number of nitrogens with zero attached hydrogens (tertiary/aromatic N) is 3. The fraction of sp³-hybridized carbons (Fsp3) is 0.500. The van der Waals surface area contributed by atoms with Gasteiger partial charge in [-0.15, -0.1) is 0 Å². The van der Waals surface area contributed by atoms with E-state index in [0.29, 0.717) is 44.8 Å². The third-order valence-corrected chi connectivity index (χ3v) is 5.21. The SMILES string of the molecule is Cc1noc(C)c1CCC(=O)N1CCN(c2[nH+]cc(C(F)(F)F)cc2Cl)CC1. The smallest absolute Gasteiger partial charge is 0.361 e. The lowest BCUT2D eigenvalue weighted by molar-refractivity contribution is -0.367. The Labute approximate surface area is 165 Å². The summed E-state index contributed by atoms with van der Waals surface area (Å²) in [7, 11) is 0. The number of amides is 1. The Hall–Kier alpha value is -2.29. The van der Waals surface area contributed by atoms with Crippen molar-refractivity contribution in [2.45, 2.75) is 32.9 Å². The minimum Gasteiger partial charge on any atom is -0.361 e. The molecule has 6 nitrogen and oxygen atoms in total. The number of rotatable bonds is 4. The number of carbonyl (C=O) groups excluding carboxylic acids is 1. The highest BCUT2D eigenvalue weighted by molar-refractivity contribution is 6.32. The van der Waals surface area contributed by atoms with Crippen molar-refractivity contribution in [1.82, 2.24) is 10.1 Å². The summed E-state index contributed by atoms with van der Waals surface area (Å²) in [6.07, 6.45) is -2.62. The molecule has 3 rings (SSSR count). The van der Waals surface area contributed by atoms with E-state index in [1.807, 2.05) is 18.7 Å². The van der Waals surface area contributed by atoms with Crippen LogP contribution in [0, 0.1) is 13.8 Å². The van der Waals surface area contributed by atoms with Crippen LogP contribution in [0.3, 0.4) is 0 Å². The summed E-state index contributed by atoms with van der Waals surface area (Å²) in [5, 5.41) is 3.89. The highest BCUT2D eigenvalue weighted by atomic mass is 35.5. The summed E-state index contributed by atoms with van der Waals surface area (Å²) < 4.78 is 43.4. The number of carbonyl (C=O) groups is 1. The van der Waals surface area contributed by atoms with Gasteiger partial charge in [-0.05, 0) is 26.3 Å². The number of hydrogen-bond donors (Lipinski definition) is 0. The standard InChI is InChI=1S/C18H20ClF3N4O2/c1-11-14(12(2)28-24-11)3-4-16(27)25-5-7-26(8-6-25)17-15(19)9-13(10-23-17)18(20,21)22/h9-10H,3-8H2,1-2H3/p+1. The summed E-state index contributed by atoms with van der Waals surface area (Å²) in [4.78, 5) is 18.7. The largest absolute Gasteiger partial charge is 0.419 e. The molecule has 1 amide bonds. The monoisotopic (exact) mass is 417 g/mol. The number of alkyl halides is 3. The summed E-state index contributed by atoms with van der Waals surface area (Å²) >= 11 is 6.04. The molecule has 2 aromatic heterocycles. The lowest BCUT2D eigenvalue weighted by atomic mass is 10.1. The van der Waals surface area contributed by atoms with E-state index in [2.05, 4.69) is 10.1 Å². The predicted molar refractivity (Wildman–Crippen MR) is 96.1 cm³/mol. The zero-order valence-corrected chi connectivity index (χ0v) is 16.3. The minimum atomic E-state index is -4.45. The fourth-order valence-electron chi connectivity index (χ4n) is 3.30. The average Bonchev–Trinajstić information content (AvgIpc) is 2.97. The molecule has 1 saturated heterocycles. The second-order valence-corrected chi connectivity index (χ2v) is 7.16. The minimum absolute atomic E-state index is 0.00742. The quantitative estimate of drug-likeness (QED) is 0.767. The van der Waals surface area contributed by atoms with Gasteiger partial charge in [0.1, 0.15) is 30.1 Å². The number of aryl methyl sites for hydroxylation is 2. The normalized spacial score (nSPS) is 15.2. The van der Waals surface area contributed by atoms with Gasteiger partial charge < -0.3 is 9.42 Å². The fourth-order valence-corrected chi connectivity index (χ4v) is 3.59. The van der Waals surface area contributed by atoms with Crippen molar-refractivity contribution in [3.05, 3.63) is 39.9 Å². The van der Waals surface area contributed by atoms with Crippen molar-refractivity contribution in [3.63, 3.8) is 0 Å². The third kappa shape index (κ3) is 4.40. The van der Waals surface area contributed by atoms with Gasteiger partial charge in [0.2, 0.25) is 5.91 Å². The first-order chi connectivity index (χ1) is 13.2. The number of halogens is 4. The van der Waals surface area contributed by atoms with Crippen LogP contribution in [0.4, 0.5) is 19.0 Å². The highest BCUT2D eigenvalue weighted by Crippen LogP contribution is 2.32. The van der Waals surface area contributed by atoms with E-state index in [-0.39, 0.29) is 10.9 Å². The molecule has 0 atom stereocenters. The van der Waals surface area contributed by atoms with Crippen LogP contribution in [0.15, 0.2) is 16.8 Å². The maximum absolute atomic E-state index is 12.8. The lowest BCUT2D eigenvalue weighted by Crippen LogP contribution is -2.50. The molecular weight excluding hydrogens is 397 g/mol. The maximum Gasteiger partial charge on any atom is 0.419 e. The number of anilines is 1. The van der Waals surface area contributed by atoms with Crippen molar-refractivity contribution in [1.29, 1.82) is 0 Å². The van der Waals surface area contributed by atoms with Crippen LogP contribution in [0.2, 0.25) is 5.02 Å². The van der Waals surface area contributed by atoms with Gasteiger partial charge in [-0.25, -0.2) is 4.98 Å². The molecule has 0 unspecified atom stereocenters. The number of H-pyrrole nitrogens is 1. The number of piperazine rings is 1. The molecule has 1 fully saturated rings. The van der Waals surface area contributed by atoms with Gasteiger partial charge in [-0.1, -0.05) is 16.8 Å². The Morgan fingerprint density at radius 2 is 1.96 bits per heavy atom. The van der Waals surface area contributed by atoms with Crippen LogP contribution >= 0.6 is 11.6 Å². The van der Waals surface area contributed by atoms with Gasteiger partial charge in [-0.2, -0.15) is 13.2 Å². The molecule has 10 heteroatoms. The van der Waals surface area contributed by atoms with Gasteiger partial charge in [0.25, 0.3) is 5.82 Å². The molecule has 0 aromatic carbocycles. The van der Waals surface area contributed by atoms with Crippen molar-refractivity contribution in [2.75, 3.05) is 31.1 Å². The average molecular weight is 418 g/mol. The molecule has 0 saturated carbocycles. The Morgan fingerprint density at radius 3 is 2.50 bits per heavy atom. The van der Waals surface area contributed by atoms with Crippen LogP contribution in [-0.2, 0) is 17.4 Å². The summed E-state index contributed by atoms with van der Waals surface area (Å²) in [6.45, 7) is 5.59. The van der Waals surface area contributed by atoms with E-state index >= 15 is 0 Å². The Morgan fingerprint density at radius 1 is 1.29 bits per heavy atom. The van der Waals surface area contributed by atoms with Gasteiger partial charge in [0.05, 0.1) is 24.3 Å². The number of aromatic amines is 1. The number of hydrogen-bond acceptors (Lipinski definition) is 4. The first kappa shape index (κ1) is 20.4. The van der Waals surface area contributed by atoms with E-state index in [4.69, 9.17) is 16.1 Å². The zero-order chi connectivity index (χ0) is 20.5. The van der Waals surface area contributed by atoms with Gasteiger partial charge in [-0.3, -0.25) is 9.69 Å². The van der Waals surface area contributed by atoms with Crippen LogP contribution in [-0.4, -0.2) is 42.1 Å². The first-order valence-corrected chi connectivity index (χ1v) is 9.27. The van der Waals surface area contributed by atoms with Gasteiger partial charge in [0.15, 0.2) is 0 Å². The maximum atomic E-state index is 12.8. The summed E-state index contributed by atoms with van der Waals surface area (Å²) in [5.74, 6) is 1.18. The van der Waals surface area contributed by atoms with Crippen LogP contribution in [0.5, 0.6) is 0 Å².